The molecule has 0 unspecified atom stereocenters. The van der Waals surface area contributed by atoms with Gasteiger partial charge < -0.3 is 9.30 Å². The Balaban J connectivity index is 2.34. The Bertz CT molecular complexity index is 474. The van der Waals surface area contributed by atoms with E-state index >= 15 is 0 Å². The van der Waals surface area contributed by atoms with Gasteiger partial charge in [-0.1, -0.05) is 18.2 Å². The number of ether oxygens (including phenoxy) is 1. The van der Waals surface area contributed by atoms with E-state index in [1.54, 1.807) is 13.4 Å². The second-order valence-corrected chi connectivity index (χ2v) is 4.33. The van der Waals surface area contributed by atoms with E-state index in [0.717, 1.165) is 28.0 Å². The fraction of sp³-hybridized carbons (Fsp3) is 0.250. The summed E-state index contributed by atoms with van der Waals surface area (Å²) < 4.78 is 8.23. The SMILES string of the molecule is COc1ccccc1Cc1c(Br)ncn1C. The quantitative estimate of drug-likeness (QED) is 0.865. The van der Waals surface area contributed by atoms with Crippen molar-refractivity contribution < 1.29 is 4.74 Å². The predicted octanol–water partition coefficient (Wildman–Crippen LogP) is 2.78. The summed E-state index contributed by atoms with van der Waals surface area (Å²) in [6.45, 7) is 0. The lowest BCUT2D eigenvalue weighted by molar-refractivity contribution is 0.410. The maximum absolute atomic E-state index is 5.33. The van der Waals surface area contributed by atoms with Crippen molar-refractivity contribution in [1.29, 1.82) is 0 Å². The van der Waals surface area contributed by atoms with Crippen LogP contribution in [0.15, 0.2) is 35.2 Å². The van der Waals surface area contributed by atoms with Crippen LogP contribution in [-0.2, 0) is 13.5 Å². The van der Waals surface area contributed by atoms with Gasteiger partial charge >= 0.3 is 0 Å². The maximum atomic E-state index is 5.33. The number of aryl methyl sites for hydroxylation is 1. The minimum absolute atomic E-state index is 0.807. The van der Waals surface area contributed by atoms with Crippen LogP contribution in [0.25, 0.3) is 0 Å². The van der Waals surface area contributed by atoms with Crippen LogP contribution in [0, 0.1) is 0 Å². The fourth-order valence-corrected chi connectivity index (χ4v) is 2.17. The third-order valence-electron chi connectivity index (χ3n) is 2.56. The van der Waals surface area contributed by atoms with Crippen LogP contribution in [0.2, 0.25) is 0 Å². The van der Waals surface area contributed by atoms with Crippen molar-refractivity contribution in [3.63, 3.8) is 0 Å². The van der Waals surface area contributed by atoms with Crippen molar-refractivity contribution >= 4 is 15.9 Å². The number of hydrogen-bond acceptors (Lipinski definition) is 2. The smallest absolute Gasteiger partial charge is 0.127 e. The molecule has 2 rings (SSSR count). The van der Waals surface area contributed by atoms with Crippen molar-refractivity contribution in [2.75, 3.05) is 7.11 Å². The van der Waals surface area contributed by atoms with Gasteiger partial charge in [0, 0.05) is 19.0 Å². The number of benzene rings is 1. The highest BCUT2D eigenvalue weighted by Crippen LogP contribution is 2.23. The Kier molecular flexibility index (Phi) is 3.29. The van der Waals surface area contributed by atoms with Crippen molar-refractivity contribution in [1.82, 2.24) is 9.55 Å². The lowest BCUT2D eigenvalue weighted by Gasteiger charge is -2.08. The largest absolute Gasteiger partial charge is 0.496 e. The standard InChI is InChI=1S/C12H13BrN2O/c1-15-8-14-12(13)10(15)7-9-5-3-4-6-11(9)16-2/h3-6,8H,7H2,1-2H3. The minimum Gasteiger partial charge on any atom is -0.496 e. The van der Waals surface area contributed by atoms with Gasteiger partial charge in [-0.05, 0) is 22.0 Å². The molecule has 1 aromatic heterocycles. The summed E-state index contributed by atoms with van der Waals surface area (Å²) in [7, 11) is 3.68. The van der Waals surface area contributed by atoms with Gasteiger partial charge in [-0.2, -0.15) is 0 Å². The van der Waals surface area contributed by atoms with Crippen LogP contribution in [0.1, 0.15) is 11.3 Å². The molecular formula is C12H13BrN2O. The molecule has 0 radical (unpaired) electrons. The van der Waals surface area contributed by atoms with Gasteiger partial charge in [0.1, 0.15) is 10.4 Å². The monoisotopic (exact) mass is 280 g/mol. The van der Waals surface area contributed by atoms with Crippen LogP contribution in [-0.4, -0.2) is 16.7 Å². The number of methoxy groups -OCH3 is 1. The van der Waals surface area contributed by atoms with E-state index in [1.807, 2.05) is 29.8 Å². The first-order valence-electron chi connectivity index (χ1n) is 5.00. The molecule has 0 atom stereocenters. The van der Waals surface area contributed by atoms with Gasteiger partial charge in [0.25, 0.3) is 0 Å². The summed E-state index contributed by atoms with van der Waals surface area (Å²) in [4.78, 5) is 4.21. The zero-order valence-electron chi connectivity index (χ0n) is 9.27. The Morgan fingerprint density at radius 1 is 1.38 bits per heavy atom. The Morgan fingerprint density at radius 2 is 2.12 bits per heavy atom. The number of imidazole rings is 1. The summed E-state index contributed by atoms with van der Waals surface area (Å²) >= 11 is 3.45. The highest BCUT2D eigenvalue weighted by molar-refractivity contribution is 9.10. The molecule has 0 amide bonds. The Hall–Kier alpha value is -1.29. The second kappa shape index (κ2) is 4.70. The average Bonchev–Trinajstić information content (AvgIpc) is 2.61. The first-order chi connectivity index (χ1) is 7.72. The lowest BCUT2D eigenvalue weighted by Crippen LogP contribution is -1.99. The van der Waals surface area contributed by atoms with Gasteiger partial charge in [0.15, 0.2) is 0 Å². The maximum Gasteiger partial charge on any atom is 0.127 e. The number of hydrogen-bond donors (Lipinski definition) is 0. The molecule has 0 aliphatic carbocycles. The summed E-state index contributed by atoms with van der Waals surface area (Å²) in [6, 6.07) is 8.03. The number of nitrogens with zero attached hydrogens (tertiary/aromatic N) is 2. The van der Waals surface area contributed by atoms with Crippen LogP contribution in [0.3, 0.4) is 0 Å². The van der Waals surface area contributed by atoms with Gasteiger partial charge in [0.05, 0.1) is 19.1 Å². The average molecular weight is 281 g/mol. The van der Waals surface area contributed by atoms with E-state index in [-0.39, 0.29) is 0 Å². The van der Waals surface area contributed by atoms with Crippen molar-refractivity contribution in [2.24, 2.45) is 7.05 Å². The van der Waals surface area contributed by atoms with Gasteiger partial charge in [0.2, 0.25) is 0 Å². The summed E-state index contributed by atoms with van der Waals surface area (Å²) in [5.74, 6) is 0.913. The fourth-order valence-electron chi connectivity index (χ4n) is 1.65. The summed E-state index contributed by atoms with van der Waals surface area (Å²) in [6.07, 6.45) is 2.61. The number of halogens is 1. The van der Waals surface area contributed by atoms with E-state index in [9.17, 15) is 0 Å². The molecule has 3 nitrogen and oxygen atoms in total. The van der Waals surface area contributed by atoms with Crippen LogP contribution in [0.5, 0.6) is 5.75 Å². The van der Waals surface area contributed by atoms with Crippen molar-refractivity contribution in [2.45, 2.75) is 6.42 Å². The number of para-hydroxylation sites is 1. The van der Waals surface area contributed by atoms with E-state index in [0.29, 0.717) is 0 Å². The normalized spacial score (nSPS) is 10.4. The van der Waals surface area contributed by atoms with E-state index < -0.39 is 0 Å². The van der Waals surface area contributed by atoms with E-state index in [4.69, 9.17) is 4.74 Å². The lowest BCUT2D eigenvalue weighted by atomic mass is 10.1. The van der Waals surface area contributed by atoms with Crippen molar-refractivity contribution in [3.05, 3.63) is 46.5 Å². The third-order valence-corrected chi connectivity index (χ3v) is 3.22. The Morgan fingerprint density at radius 3 is 2.75 bits per heavy atom. The molecule has 0 aliphatic rings. The topological polar surface area (TPSA) is 27.1 Å². The zero-order chi connectivity index (χ0) is 11.5. The van der Waals surface area contributed by atoms with Crippen LogP contribution < -0.4 is 4.74 Å². The highest BCUT2D eigenvalue weighted by atomic mass is 79.9. The Labute approximate surface area is 103 Å². The molecule has 84 valence electrons. The molecule has 16 heavy (non-hydrogen) atoms. The minimum atomic E-state index is 0.807. The molecule has 1 heterocycles. The van der Waals surface area contributed by atoms with E-state index in [2.05, 4.69) is 27.0 Å². The molecule has 0 fully saturated rings. The first-order valence-corrected chi connectivity index (χ1v) is 5.79. The number of rotatable bonds is 3. The highest BCUT2D eigenvalue weighted by Gasteiger charge is 2.09. The molecule has 0 spiro atoms. The molecule has 0 aliphatic heterocycles. The van der Waals surface area contributed by atoms with Gasteiger partial charge in [-0.3, -0.25) is 0 Å². The molecule has 1 aromatic carbocycles. The third kappa shape index (κ3) is 2.11. The van der Waals surface area contributed by atoms with Gasteiger partial charge in [-0.25, -0.2) is 4.98 Å². The zero-order valence-corrected chi connectivity index (χ0v) is 10.9. The molecule has 0 saturated heterocycles. The summed E-state index contributed by atoms with van der Waals surface area (Å²) in [5.41, 5.74) is 2.30. The first kappa shape index (κ1) is 11.2. The number of aromatic nitrogens is 2. The van der Waals surface area contributed by atoms with Crippen LogP contribution >= 0.6 is 15.9 Å². The molecule has 0 saturated carbocycles. The van der Waals surface area contributed by atoms with Crippen LogP contribution in [0.4, 0.5) is 0 Å². The molecule has 4 heteroatoms. The van der Waals surface area contributed by atoms with Crippen molar-refractivity contribution in [3.8, 4) is 5.75 Å². The summed E-state index contributed by atoms with van der Waals surface area (Å²) in [5, 5.41) is 0. The van der Waals surface area contributed by atoms with Gasteiger partial charge in [-0.15, -0.1) is 0 Å². The molecular weight excluding hydrogens is 268 g/mol. The van der Waals surface area contributed by atoms with E-state index in [1.165, 1.54) is 0 Å². The molecule has 0 bridgehead atoms. The second-order valence-electron chi connectivity index (χ2n) is 3.58. The predicted molar refractivity (Wildman–Crippen MR) is 66.7 cm³/mol. The molecule has 0 N–H and O–H groups in total. The molecule has 2 aromatic rings.